The van der Waals surface area contributed by atoms with Crippen molar-refractivity contribution in [1.82, 2.24) is 15.3 Å². The number of hydrogen-bond acceptors (Lipinski definition) is 4. The zero-order valence-corrected chi connectivity index (χ0v) is 14.0. The molecule has 1 aromatic heterocycles. The maximum Gasteiger partial charge on any atom is 0.147 e. The molecule has 1 aromatic rings. The van der Waals surface area contributed by atoms with Crippen molar-refractivity contribution in [3.63, 3.8) is 0 Å². The lowest BCUT2D eigenvalue weighted by Crippen LogP contribution is -2.35. The molecule has 0 radical (unpaired) electrons. The van der Waals surface area contributed by atoms with Crippen molar-refractivity contribution in [2.75, 3.05) is 18.5 Å². The summed E-state index contributed by atoms with van der Waals surface area (Å²) in [6.07, 6.45) is 8.97. The number of nitrogens with zero attached hydrogens (tertiary/aromatic N) is 3. The van der Waals surface area contributed by atoms with E-state index in [0.29, 0.717) is 12.0 Å². The summed E-state index contributed by atoms with van der Waals surface area (Å²) in [6.45, 7) is 8.60. The van der Waals surface area contributed by atoms with Gasteiger partial charge in [0.25, 0.3) is 0 Å². The van der Waals surface area contributed by atoms with Crippen molar-refractivity contribution in [3.8, 4) is 0 Å². The molecule has 1 aliphatic rings. The van der Waals surface area contributed by atoms with Gasteiger partial charge in [0, 0.05) is 25.8 Å². The van der Waals surface area contributed by atoms with Crippen molar-refractivity contribution < 1.29 is 0 Å². The summed E-state index contributed by atoms with van der Waals surface area (Å²) in [4.78, 5) is 11.5. The Morgan fingerprint density at radius 1 is 1.24 bits per heavy atom. The summed E-state index contributed by atoms with van der Waals surface area (Å²) in [5, 5.41) is 3.43. The summed E-state index contributed by atoms with van der Waals surface area (Å²) >= 11 is 0. The van der Waals surface area contributed by atoms with Crippen LogP contribution in [0.2, 0.25) is 0 Å². The molecule has 0 spiro atoms. The second-order valence-corrected chi connectivity index (χ2v) is 6.92. The highest BCUT2D eigenvalue weighted by Crippen LogP contribution is 2.28. The van der Waals surface area contributed by atoms with Crippen molar-refractivity contribution in [1.29, 1.82) is 0 Å². The van der Waals surface area contributed by atoms with E-state index in [2.05, 4.69) is 43.0 Å². The van der Waals surface area contributed by atoms with E-state index < -0.39 is 0 Å². The molecule has 0 aliphatic heterocycles. The van der Waals surface area contributed by atoms with E-state index in [0.717, 1.165) is 30.5 Å². The van der Waals surface area contributed by atoms with Gasteiger partial charge in [0.05, 0.1) is 11.9 Å². The quantitative estimate of drug-likeness (QED) is 0.873. The minimum Gasteiger partial charge on any atom is -0.355 e. The van der Waals surface area contributed by atoms with Gasteiger partial charge in [-0.3, -0.25) is 4.98 Å². The summed E-state index contributed by atoms with van der Waals surface area (Å²) in [5.74, 6) is 2.55. The molecule has 0 saturated heterocycles. The second kappa shape index (κ2) is 7.74. The predicted octanol–water partition coefficient (Wildman–Crippen LogP) is 3.24. The Morgan fingerprint density at radius 2 is 1.95 bits per heavy atom. The average molecular weight is 290 g/mol. The molecule has 0 bridgehead atoms. The molecule has 1 fully saturated rings. The first-order valence-electron chi connectivity index (χ1n) is 8.30. The number of rotatable bonds is 6. The molecule has 1 N–H and O–H groups in total. The van der Waals surface area contributed by atoms with Crippen molar-refractivity contribution in [2.24, 2.45) is 11.8 Å². The first kappa shape index (κ1) is 16.2. The summed E-state index contributed by atoms with van der Waals surface area (Å²) < 4.78 is 0. The van der Waals surface area contributed by atoms with Crippen LogP contribution in [-0.4, -0.2) is 29.6 Å². The Morgan fingerprint density at radius 3 is 2.62 bits per heavy atom. The van der Waals surface area contributed by atoms with Crippen molar-refractivity contribution >= 4 is 5.82 Å². The minimum absolute atomic E-state index is 0.620. The first-order valence-corrected chi connectivity index (χ1v) is 8.30. The van der Waals surface area contributed by atoms with Crippen LogP contribution in [0.15, 0.2) is 12.4 Å². The molecule has 0 aromatic carbocycles. The number of anilines is 1. The molecule has 118 valence electrons. The topological polar surface area (TPSA) is 41.1 Å². The third-order valence-electron chi connectivity index (χ3n) is 4.42. The van der Waals surface area contributed by atoms with Gasteiger partial charge in [-0.15, -0.1) is 0 Å². The van der Waals surface area contributed by atoms with Gasteiger partial charge in [0.1, 0.15) is 5.82 Å². The van der Waals surface area contributed by atoms with E-state index in [-0.39, 0.29) is 0 Å². The van der Waals surface area contributed by atoms with Crippen molar-refractivity contribution in [3.05, 3.63) is 18.1 Å². The third kappa shape index (κ3) is 4.95. The zero-order chi connectivity index (χ0) is 15.2. The Hall–Kier alpha value is -1.16. The smallest absolute Gasteiger partial charge is 0.147 e. The second-order valence-electron chi connectivity index (χ2n) is 6.92. The molecule has 1 aliphatic carbocycles. The van der Waals surface area contributed by atoms with Gasteiger partial charge in [0.15, 0.2) is 0 Å². The van der Waals surface area contributed by atoms with E-state index in [1.54, 1.807) is 0 Å². The lowest BCUT2D eigenvalue weighted by atomic mass is 9.87. The van der Waals surface area contributed by atoms with Crippen LogP contribution >= 0.6 is 0 Å². The predicted molar refractivity (Wildman–Crippen MR) is 88.4 cm³/mol. The van der Waals surface area contributed by atoms with E-state index in [1.165, 1.54) is 25.7 Å². The Kier molecular flexibility index (Phi) is 5.97. The molecule has 4 nitrogen and oxygen atoms in total. The van der Waals surface area contributed by atoms with Gasteiger partial charge in [-0.05, 0) is 44.1 Å². The largest absolute Gasteiger partial charge is 0.355 e. The number of nitrogens with one attached hydrogen (secondary N) is 1. The minimum atomic E-state index is 0.620. The molecule has 0 atom stereocenters. The van der Waals surface area contributed by atoms with E-state index in [4.69, 9.17) is 4.98 Å². The van der Waals surface area contributed by atoms with Gasteiger partial charge in [-0.1, -0.05) is 20.8 Å². The van der Waals surface area contributed by atoms with Crippen LogP contribution in [0.5, 0.6) is 0 Å². The van der Waals surface area contributed by atoms with Crippen LogP contribution in [0.3, 0.4) is 0 Å². The Labute approximate surface area is 129 Å². The van der Waals surface area contributed by atoms with E-state index >= 15 is 0 Å². The molecule has 1 saturated carbocycles. The summed E-state index contributed by atoms with van der Waals surface area (Å²) in [6, 6.07) is 0.620. The third-order valence-corrected chi connectivity index (χ3v) is 4.42. The molecular formula is C17H30N4. The highest BCUT2D eigenvalue weighted by molar-refractivity contribution is 5.36. The van der Waals surface area contributed by atoms with Crippen LogP contribution in [0, 0.1) is 11.8 Å². The Balaban J connectivity index is 1.93. The maximum atomic E-state index is 4.76. The van der Waals surface area contributed by atoms with Gasteiger partial charge >= 0.3 is 0 Å². The van der Waals surface area contributed by atoms with Gasteiger partial charge in [-0.25, -0.2) is 4.98 Å². The van der Waals surface area contributed by atoms with Crippen LogP contribution in [0.1, 0.15) is 52.1 Å². The Bertz CT molecular complexity index is 425. The first-order chi connectivity index (χ1) is 10.1. The number of hydrogen-bond donors (Lipinski definition) is 1. The van der Waals surface area contributed by atoms with Gasteiger partial charge in [0.2, 0.25) is 0 Å². The maximum absolute atomic E-state index is 4.76. The fraction of sp³-hybridized carbons (Fsp3) is 0.765. The van der Waals surface area contributed by atoms with Gasteiger partial charge < -0.3 is 10.2 Å². The fourth-order valence-electron chi connectivity index (χ4n) is 2.96. The standard InChI is InChI=1S/C17H30N4/c1-13(2)9-18-10-15-11-19-12-17(20-15)21(4)16-7-5-14(3)6-8-16/h11-14,16,18H,5-10H2,1-4H3. The fourth-order valence-corrected chi connectivity index (χ4v) is 2.96. The van der Waals surface area contributed by atoms with Crippen LogP contribution in [0.4, 0.5) is 5.82 Å². The van der Waals surface area contributed by atoms with Gasteiger partial charge in [-0.2, -0.15) is 0 Å². The highest BCUT2D eigenvalue weighted by Gasteiger charge is 2.22. The van der Waals surface area contributed by atoms with Crippen LogP contribution < -0.4 is 10.2 Å². The molecule has 1 heterocycles. The molecule has 2 rings (SSSR count). The summed E-state index contributed by atoms with van der Waals surface area (Å²) in [7, 11) is 2.16. The highest BCUT2D eigenvalue weighted by atomic mass is 15.2. The monoisotopic (exact) mass is 290 g/mol. The molecule has 0 unspecified atom stereocenters. The van der Waals surface area contributed by atoms with Crippen molar-refractivity contribution in [2.45, 2.75) is 59.0 Å². The lowest BCUT2D eigenvalue weighted by Gasteiger charge is -2.34. The van der Waals surface area contributed by atoms with E-state index in [1.807, 2.05) is 12.4 Å². The summed E-state index contributed by atoms with van der Waals surface area (Å²) in [5.41, 5.74) is 1.03. The lowest BCUT2D eigenvalue weighted by molar-refractivity contribution is 0.339. The van der Waals surface area contributed by atoms with Crippen LogP contribution in [0.25, 0.3) is 0 Å². The SMILES string of the molecule is CC(C)CNCc1cncc(N(C)C2CCC(C)CC2)n1. The number of aromatic nitrogens is 2. The zero-order valence-electron chi connectivity index (χ0n) is 14.0. The van der Waals surface area contributed by atoms with E-state index in [9.17, 15) is 0 Å². The van der Waals surface area contributed by atoms with Crippen LogP contribution in [-0.2, 0) is 6.54 Å². The molecular weight excluding hydrogens is 260 g/mol. The molecule has 4 heteroatoms. The average Bonchev–Trinajstić information content (AvgIpc) is 2.47. The normalized spacial score (nSPS) is 22.5. The molecule has 21 heavy (non-hydrogen) atoms. The molecule has 0 amide bonds.